The van der Waals surface area contributed by atoms with Gasteiger partial charge in [0.25, 0.3) is 0 Å². The van der Waals surface area contributed by atoms with Crippen molar-refractivity contribution in [3.8, 4) is 0 Å². The van der Waals surface area contributed by atoms with Gasteiger partial charge in [0.05, 0.1) is 0 Å². The first-order chi connectivity index (χ1) is 6.40. The van der Waals surface area contributed by atoms with Gasteiger partial charge in [-0.3, -0.25) is 0 Å². The van der Waals surface area contributed by atoms with E-state index in [2.05, 4.69) is 37.3 Å². The Morgan fingerprint density at radius 2 is 2.23 bits per heavy atom. The molecule has 2 aliphatic rings. The molecule has 0 spiro atoms. The highest BCUT2D eigenvalue weighted by Crippen LogP contribution is 2.28. The van der Waals surface area contributed by atoms with Crippen LogP contribution in [0.4, 0.5) is 0 Å². The highest BCUT2D eigenvalue weighted by molar-refractivity contribution is 5.40. The van der Waals surface area contributed by atoms with Crippen molar-refractivity contribution in [2.24, 2.45) is 0 Å². The van der Waals surface area contributed by atoms with E-state index in [0.717, 1.165) is 25.7 Å². The van der Waals surface area contributed by atoms with Crippen molar-refractivity contribution in [3.05, 3.63) is 54.0 Å². The van der Waals surface area contributed by atoms with Crippen LogP contribution in [0, 0.1) is 13.0 Å². The molecular weight excluding hydrogens is 156 g/mol. The molecule has 0 unspecified atom stereocenters. The Kier molecular flexibility index (Phi) is 2.49. The van der Waals surface area contributed by atoms with Crippen molar-refractivity contribution in [3.63, 3.8) is 0 Å². The molecule has 0 N–H and O–H groups in total. The van der Waals surface area contributed by atoms with E-state index < -0.39 is 0 Å². The lowest BCUT2D eigenvalue weighted by atomic mass is 10.0. The van der Waals surface area contributed by atoms with Gasteiger partial charge in [-0.25, -0.2) is 0 Å². The van der Waals surface area contributed by atoms with Crippen LogP contribution in [0.15, 0.2) is 41.0 Å². The second kappa shape index (κ2) is 3.78. The molecule has 0 saturated carbocycles. The SMILES string of the molecule is [CH2]CC1=C(CC2=[C]CC=C2)C=CC1. The van der Waals surface area contributed by atoms with Gasteiger partial charge in [-0.2, -0.15) is 0 Å². The van der Waals surface area contributed by atoms with E-state index in [1.165, 1.54) is 16.7 Å². The Morgan fingerprint density at radius 3 is 2.92 bits per heavy atom. The number of rotatable bonds is 3. The fourth-order valence-corrected chi connectivity index (χ4v) is 1.82. The Bertz CT molecular complexity index is 311. The molecule has 2 aliphatic carbocycles. The van der Waals surface area contributed by atoms with Crippen LogP contribution in [0.25, 0.3) is 0 Å². The Morgan fingerprint density at radius 1 is 1.31 bits per heavy atom. The van der Waals surface area contributed by atoms with Crippen LogP contribution in [0.1, 0.15) is 25.7 Å². The second-order valence-corrected chi connectivity index (χ2v) is 3.47. The lowest BCUT2D eigenvalue weighted by Crippen LogP contribution is -1.85. The summed E-state index contributed by atoms with van der Waals surface area (Å²) in [6.45, 7) is 3.95. The van der Waals surface area contributed by atoms with E-state index in [9.17, 15) is 0 Å². The topological polar surface area (TPSA) is 0 Å². The fourth-order valence-electron chi connectivity index (χ4n) is 1.82. The van der Waals surface area contributed by atoms with E-state index in [1.807, 2.05) is 0 Å². The van der Waals surface area contributed by atoms with Gasteiger partial charge >= 0.3 is 0 Å². The first kappa shape index (κ1) is 8.55. The summed E-state index contributed by atoms with van der Waals surface area (Å²) in [4.78, 5) is 0. The molecule has 2 rings (SSSR count). The zero-order valence-corrected chi connectivity index (χ0v) is 7.84. The van der Waals surface area contributed by atoms with E-state index in [-0.39, 0.29) is 0 Å². The summed E-state index contributed by atoms with van der Waals surface area (Å²) in [7, 11) is 0. The summed E-state index contributed by atoms with van der Waals surface area (Å²) in [6.07, 6.45) is 16.3. The highest BCUT2D eigenvalue weighted by Gasteiger charge is 2.09. The van der Waals surface area contributed by atoms with Crippen LogP contribution >= 0.6 is 0 Å². The third-order valence-electron chi connectivity index (χ3n) is 2.59. The van der Waals surface area contributed by atoms with Crippen molar-refractivity contribution in [2.75, 3.05) is 0 Å². The summed E-state index contributed by atoms with van der Waals surface area (Å²) in [5.74, 6) is 0. The van der Waals surface area contributed by atoms with Gasteiger partial charge in [0.15, 0.2) is 0 Å². The van der Waals surface area contributed by atoms with E-state index >= 15 is 0 Å². The minimum absolute atomic E-state index is 0.944. The number of hydrogen-bond donors (Lipinski definition) is 0. The lowest BCUT2D eigenvalue weighted by molar-refractivity contribution is 1.07. The Balaban J connectivity index is 2.08. The van der Waals surface area contributed by atoms with Gasteiger partial charge in [0.2, 0.25) is 0 Å². The average Bonchev–Trinajstić information content (AvgIpc) is 2.76. The van der Waals surface area contributed by atoms with Crippen LogP contribution in [0.2, 0.25) is 0 Å². The summed E-state index contributed by atoms with van der Waals surface area (Å²) in [6, 6.07) is 0. The van der Waals surface area contributed by atoms with Gasteiger partial charge < -0.3 is 0 Å². The molecule has 0 saturated heterocycles. The first-order valence-corrected chi connectivity index (χ1v) is 4.83. The highest BCUT2D eigenvalue weighted by atomic mass is 14.1. The maximum absolute atomic E-state index is 3.95. The molecule has 0 bridgehead atoms. The molecule has 0 heteroatoms. The van der Waals surface area contributed by atoms with Gasteiger partial charge in [-0.05, 0) is 49.8 Å². The smallest absolute Gasteiger partial charge is 0.00234 e. The summed E-state index contributed by atoms with van der Waals surface area (Å²) < 4.78 is 0. The molecule has 66 valence electrons. The van der Waals surface area contributed by atoms with Crippen molar-refractivity contribution >= 4 is 0 Å². The third kappa shape index (κ3) is 1.82. The minimum Gasteiger partial charge on any atom is -0.0802 e. The summed E-state index contributed by atoms with van der Waals surface area (Å²) in [5.41, 5.74) is 4.30. The summed E-state index contributed by atoms with van der Waals surface area (Å²) in [5, 5.41) is 0. The minimum atomic E-state index is 0.944. The van der Waals surface area contributed by atoms with Crippen molar-refractivity contribution in [1.29, 1.82) is 0 Å². The molecule has 2 radical (unpaired) electrons. The quantitative estimate of drug-likeness (QED) is 0.607. The first-order valence-electron chi connectivity index (χ1n) is 4.83. The van der Waals surface area contributed by atoms with E-state index in [4.69, 9.17) is 0 Å². The lowest BCUT2D eigenvalue weighted by Gasteiger charge is -2.03. The molecule has 0 nitrogen and oxygen atoms in total. The summed E-state index contributed by atoms with van der Waals surface area (Å²) >= 11 is 0. The maximum atomic E-state index is 3.95. The molecule has 0 aromatic heterocycles. The molecule has 0 heterocycles. The Hall–Kier alpha value is -1.04. The fraction of sp³-hybridized carbons (Fsp3) is 0.308. The molecule has 0 amide bonds. The molecule has 0 aromatic carbocycles. The van der Waals surface area contributed by atoms with Crippen molar-refractivity contribution in [1.82, 2.24) is 0 Å². The Labute approximate surface area is 80.3 Å². The predicted octanol–water partition coefficient (Wildman–Crippen LogP) is 3.55. The van der Waals surface area contributed by atoms with E-state index in [1.54, 1.807) is 0 Å². The monoisotopic (exact) mass is 170 g/mol. The zero-order valence-electron chi connectivity index (χ0n) is 7.84. The van der Waals surface area contributed by atoms with Gasteiger partial charge in [0, 0.05) is 0 Å². The standard InChI is InChI=1S/C13H14/c1-2-12-8-5-9-13(12)10-11-6-3-4-7-11/h3,5-6,9H,1-2,4,8,10H2. The second-order valence-electron chi connectivity index (χ2n) is 3.47. The average molecular weight is 170 g/mol. The largest absolute Gasteiger partial charge is 0.0802 e. The predicted molar refractivity (Wildman–Crippen MR) is 55.9 cm³/mol. The third-order valence-corrected chi connectivity index (χ3v) is 2.59. The van der Waals surface area contributed by atoms with Crippen LogP contribution in [0.3, 0.4) is 0 Å². The molecule has 0 aliphatic heterocycles. The normalized spacial score (nSPS) is 20.2. The zero-order chi connectivity index (χ0) is 9.10. The number of hydrogen-bond acceptors (Lipinski definition) is 0. The van der Waals surface area contributed by atoms with Gasteiger partial charge in [-0.1, -0.05) is 29.9 Å². The van der Waals surface area contributed by atoms with Crippen LogP contribution in [-0.2, 0) is 0 Å². The van der Waals surface area contributed by atoms with Crippen molar-refractivity contribution in [2.45, 2.75) is 25.7 Å². The molecule has 13 heavy (non-hydrogen) atoms. The number of allylic oxidation sites excluding steroid dienone is 8. The van der Waals surface area contributed by atoms with Gasteiger partial charge in [0.1, 0.15) is 0 Å². The van der Waals surface area contributed by atoms with Crippen molar-refractivity contribution < 1.29 is 0 Å². The molecule has 0 atom stereocenters. The maximum Gasteiger partial charge on any atom is -0.00234 e. The van der Waals surface area contributed by atoms with Gasteiger partial charge in [-0.15, -0.1) is 0 Å². The van der Waals surface area contributed by atoms with Crippen LogP contribution < -0.4 is 0 Å². The molecular formula is C13H14. The van der Waals surface area contributed by atoms with Crippen LogP contribution in [0.5, 0.6) is 0 Å². The molecule has 0 fully saturated rings. The van der Waals surface area contributed by atoms with E-state index in [0.29, 0.717) is 0 Å². The molecule has 0 aromatic rings. The van der Waals surface area contributed by atoms with Crippen LogP contribution in [-0.4, -0.2) is 0 Å².